The molecular weight excluding hydrogens is 330 g/mol. The lowest BCUT2D eigenvalue weighted by Gasteiger charge is -2.22. The van der Waals surface area contributed by atoms with Gasteiger partial charge in [0.05, 0.1) is 0 Å². The summed E-state index contributed by atoms with van der Waals surface area (Å²) in [6.45, 7) is 2.36. The van der Waals surface area contributed by atoms with Crippen molar-refractivity contribution in [1.29, 1.82) is 5.26 Å². The zero-order chi connectivity index (χ0) is 18.8. The van der Waals surface area contributed by atoms with Crippen LogP contribution in [0.25, 0.3) is 6.08 Å². The normalized spacial score (nSPS) is 15.0. The van der Waals surface area contributed by atoms with Crippen LogP contribution < -0.4 is 15.4 Å². The molecule has 0 radical (unpaired) electrons. The molecule has 1 saturated carbocycles. The first-order valence-electron chi connectivity index (χ1n) is 9.04. The van der Waals surface area contributed by atoms with Gasteiger partial charge in [0.1, 0.15) is 17.4 Å². The lowest BCUT2D eigenvalue weighted by atomic mass is 9.95. The van der Waals surface area contributed by atoms with Crippen LogP contribution >= 0.6 is 0 Å². The van der Waals surface area contributed by atoms with Gasteiger partial charge in [-0.3, -0.25) is 9.59 Å². The van der Waals surface area contributed by atoms with Crippen LogP contribution in [-0.2, 0) is 9.59 Å². The number of nitriles is 1. The van der Waals surface area contributed by atoms with Crippen molar-refractivity contribution in [1.82, 2.24) is 10.6 Å². The molecule has 6 nitrogen and oxygen atoms in total. The second kappa shape index (κ2) is 10.2. The number of hydrogen-bond acceptors (Lipinski definition) is 4. The molecular formula is C20H25N3O3. The lowest BCUT2D eigenvalue weighted by molar-refractivity contribution is -0.123. The standard InChI is InChI=1S/C20H25N3O3/c1-2-22-19(24)14-26-18-10-8-15(9-11-18)12-16(13-21)20(25)23-17-6-4-3-5-7-17/h8-12,17H,2-7,14H2,1H3,(H,22,24)(H,23,25)/b16-12-. The maximum absolute atomic E-state index is 12.3. The van der Waals surface area contributed by atoms with Crippen LogP contribution in [0.3, 0.4) is 0 Å². The number of carbonyl (C=O) groups excluding carboxylic acids is 2. The molecule has 6 heteroatoms. The van der Waals surface area contributed by atoms with Gasteiger partial charge in [-0.15, -0.1) is 0 Å². The van der Waals surface area contributed by atoms with Gasteiger partial charge < -0.3 is 15.4 Å². The molecule has 0 saturated heterocycles. The van der Waals surface area contributed by atoms with E-state index in [4.69, 9.17) is 4.74 Å². The van der Waals surface area contributed by atoms with Gasteiger partial charge in [0, 0.05) is 12.6 Å². The maximum Gasteiger partial charge on any atom is 0.262 e. The highest BCUT2D eigenvalue weighted by molar-refractivity contribution is 6.01. The Morgan fingerprint density at radius 2 is 1.92 bits per heavy atom. The third-order valence-electron chi connectivity index (χ3n) is 4.24. The smallest absolute Gasteiger partial charge is 0.262 e. The number of likely N-dealkylation sites (N-methyl/N-ethyl adjacent to an activating group) is 1. The summed E-state index contributed by atoms with van der Waals surface area (Å²) in [5.74, 6) is 0.0529. The van der Waals surface area contributed by atoms with E-state index in [1.807, 2.05) is 13.0 Å². The van der Waals surface area contributed by atoms with Crippen LogP contribution in [0.2, 0.25) is 0 Å². The van der Waals surface area contributed by atoms with Gasteiger partial charge in [0.15, 0.2) is 6.61 Å². The molecule has 0 aliphatic heterocycles. The van der Waals surface area contributed by atoms with E-state index < -0.39 is 0 Å². The number of carbonyl (C=O) groups is 2. The van der Waals surface area contributed by atoms with Gasteiger partial charge in [-0.2, -0.15) is 5.26 Å². The lowest BCUT2D eigenvalue weighted by Crippen LogP contribution is -2.36. The number of nitrogens with zero attached hydrogens (tertiary/aromatic N) is 1. The number of nitrogens with one attached hydrogen (secondary N) is 2. The minimum Gasteiger partial charge on any atom is -0.484 e. The van der Waals surface area contributed by atoms with Crippen LogP contribution in [0.1, 0.15) is 44.6 Å². The molecule has 2 rings (SSSR count). The van der Waals surface area contributed by atoms with Crippen LogP contribution in [0.5, 0.6) is 5.75 Å². The molecule has 0 atom stereocenters. The third-order valence-corrected chi connectivity index (χ3v) is 4.24. The second-order valence-corrected chi connectivity index (χ2v) is 6.29. The molecule has 0 bridgehead atoms. The van der Waals surface area contributed by atoms with Crippen molar-refractivity contribution in [3.8, 4) is 11.8 Å². The molecule has 0 spiro atoms. The van der Waals surface area contributed by atoms with E-state index >= 15 is 0 Å². The van der Waals surface area contributed by atoms with E-state index in [0.717, 1.165) is 31.2 Å². The summed E-state index contributed by atoms with van der Waals surface area (Å²) in [7, 11) is 0. The highest BCUT2D eigenvalue weighted by atomic mass is 16.5. The zero-order valence-electron chi connectivity index (χ0n) is 15.1. The van der Waals surface area contributed by atoms with Crippen molar-refractivity contribution in [3.63, 3.8) is 0 Å². The van der Waals surface area contributed by atoms with Crippen molar-refractivity contribution < 1.29 is 14.3 Å². The zero-order valence-corrected chi connectivity index (χ0v) is 15.1. The molecule has 1 aliphatic rings. The van der Waals surface area contributed by atoms with Crippen molar-refractivity contribution in [2.24, 2.45) is 0 Å². The van der Waals surface area contributed by atoms with Crippen molar-refractivity contribution >= 4 is 17.9 Å². The van der Waals surface area contributed by atoms with E-state index in [1.54, 1.807) is 30.3 Å². The summed E-state index contributed by atoms with van der Waals surface area (Å²) >= 11 is 0. The summed E-state index contributed by atoms with van der Waals surface area (Å²) in [6.07, 6.45) is 6.96. The molecule has 0 unspecified atom stereocenters. The average molecular weight is 355 g/mol. The monoisotopic (exact) mass is 355 g/mol. The molecule has 1 aromatic rings. The van der Waals surface area contributed by atoms with Gasteiger partial charge in [-0.25, -0.2) is 0 Å². The minimum absolute atomic E-state index is 0.0454. The predicted molar refractivity (Wildman–Crippen MR) is 99.2 cm³/mol. The third kappa shape index (κ3) is 6.25. The Kier molecular flexibility index (Phi) is 7.69. The van der Waals surface area contributed by atoms with Crippen LogP contribution in [0.15, 0.2) is 29.8 Å². The molecule has 138 valence electrons. The quantitative estimate of drug-likeness (QED) is 0.581. The Labute approximate surface area is 154 Å². The van der Waals surface area contributed by atoms with Gasteiger partial charge in [-0.1, -0.05) is 31.4 Å². The number of amides is 2. The largest absolute Gasteiger partial charge is 0.484 e. The van der Waals surface area contributed by atoms with Crippen molar-refractivity contribution in [2.45, 2.75) is 45.1 Å². The number of ether oxygens (including phenoxy) is 1. The fraction of sp³-hybridized carbons (Fsp3) is 0.450. The number of benzene rings is 1. The first-order valence-corrected chi connectivity index (χ1v) is 9.04. The maximum atomic E-state index is 12.3. The summed E-state index contributed by atoms with van der Waals surface area (Å²) in [5, 5.41) is 14.9. The van der Waals surface area contributed by atoms with Gasteiger partial charge in [-0.05, 0) is 43.5 Å². The Bertz CT molecular complexity index is 683. The van der Waals surface area contributed by atoms with E-state index in [2.05, 4.69) is 10.6 Å². The molecule has 1 aliphatic carbocycles. The van der Waals surface area contributed by atoms with Crippen molar-refractivity contribution in [3.05, 3.63) is 35.4 Å². The summed E-state index contributed by atoms with van der Waals surface area (Å²) in [6, 6.07) is 9.05. The van der Waals surface area contributed by atoms with E-state index in [-0.39, 0.29) is 30.0 Å². The fourth-order valence-electron chi connectivity index (χ4n) is 2.88. The molecule has 1 fully saturated rings. The summed E-state index contributed by atoms with van der Waals surface area (Å²) < 4.78 is 5.38. The molecule has 26 heavy (non-hydrogen) atoms. The SMILES string of the molecule is CCNC(=O)COc1ccc(/C=C(/C#N)C(=O)NC2CCCCC2)cc1. The van der Waals surface area contributed by atoms with Crippen molar-refractivity contribution in [2.75, 3.05) is 13.2 Å². The number of rotatable bonds is 7. The Balaban J connectivity index is 1.94. The average Bonchev–Trinajstić information content (AvgIpc) is 2.66. The predicted octanol–water partition coefficient (Wildman–Crippen LogP) is 2.56. The Morgan fingerprint density at radius 1 is 1.23 bits per heavy atom. The number of hydrogen-bond donors (Lipinski definition) is 2. The topological polar surface area (TPSA) is 91.2 Å². The highest BCUT2D eigenvalue weighted by Crippen LogP contribution is 2.18. The van der Waals surface area contributed by atoms with Crippen LogP contribution in [0.4, 0.5) is 0 Å². The van der Waals surface area contributed by atoms with Crippen LogP contribution in [0, 0.1) is 11.3 Å². The summed E-state index contributed by atoms with van der Waals surface area (Å²) in [4.78, 5) is 23.7. The molecule has 0 heterocycles. The van der Waals surface area contributed by atoms with Gasteiger partial charge in [0.25, 0.3) is 11.8 Å². The van der Waals surface area contributed by atoms with E-state index in [1.165, 1.54) is 6.42 Å². The fourth-order valence-corrected chi connectivity index (χ4v) is 2.88. The van der Waals surface area contributed by atoms with E-state index in [9.17, 15) is 14.9 Å². The minimum atomic E-state index is -0.323. The molecule has 0 aromatic heterocycles. The second-order valence-electron chi connectivity index (χ2n) is 6.29. The molecule has 2 amide bonds. The highest BCUT2D eigenvalue weighted by Gasteiger charge is 2.18. The van der Waals surface area contributed by atoms with Gasteiger partial charge >= 0.3 is 0 Å². The first kappa shape index (κ1) is 19.5. The Hall–Kier alpha value is -2.81. The van der Waals surface area contributed by atoms with Gasteiger partial charge in [0.2, 0.25) is 0 Å². The molecule has 1 aromatic carbocycles. The van der Waals surface area contributed by atoms with E-state index in [0.29, 0.717) is 12.3 Å². The first-order chi connectivity index (χ1) is 12.6. The summed E-state index contributed by atoms with van der Waals surface area (Å²) in [5.41, 5.74) is 0.817. The Morgan fingerprint density at radius 3 is 2.54 bits per heavy atom. The van der Waals surface area contributed by atoms with Crippen LogP contribution in [-0.4, -0.2) is 31.0 Å². The molecule has 2 N–H and O–H groups in total.